The first-order chi connectivity index (χ1) is 10.0. The molecule has 1 aromatic heterocycles. The van der Waals surface area contributed by atoms with Gasteiger partial charge in [-0.2, -0.15) is 5.10 Å². The van der Waals surface area contributed by atoms with Crippen molar-refractivity contribution in [3.63, 3.8) is 0 Å². The number of aromatic nitrogens is 2. The van der Waals surface area contributed by atoms with E-state index in [1.54, 1.807) is 7.05 Å². The zero-order valence-electron chi connectivity index (χ0n) is 13.0. The Hall–Kier alpha value is -2.30. The Morgan fingerprint density at radius 3 is 2.76 bits per heavy atom. The van der Waals surface area contributed by atoms with Crippen molar-refractivity contribution in [1.82, 2.24) is 15.1 Å². The number of amides is 1. The van der Waals surface area contributed by atoms with Crippen LogP contribution in [0.1, 0.15) is 41.4 Å². The van der Waals surface area contributed by atoms with Crippen molar-refractivity contribution in [1.29, 1.82) is 0 Å². The van der Waals surface area contributed by atoms with E-state index in [-0.39, 0.29) is 5.91 Å². The zero-order valence-corrected chi connectivity index (χ0v) is 13.0. The highest BCUT2D eigenvalue weighted by molar-refractivity contribution is 5.95. The highest BCUT2D eigenvalue weighted by Gasteiger charge is 2.07. The number of benzene rings is 1. The molecule has 0 aliphatic heterocycles. The van der Waals surface area contributed by atoms with Crippen LogP contribution in [0.4, 0.5) is 5.69 Å². The first-order valence-electron chi connectivity index (χ1n) is 7.11. The maximum Gasteiger partial charge on any atom is 0.251 e. The summed E-state index contributed by atoms with van der Waals surface area (Å²) in [5.41, 5.74) is 3.85. The fourth-order valence-corrected chi connectivity index (χ4v) is 2.05. The molecule has 2 N–H and O–H groups in total. The molecule has 0 saturated carbocycles. The predicted octanol–water partition coefficient (Wildman–Crippen LogP) is 2.74. The Labute approximate surface area is 125 Å². The molecule has 5 nitrogen and oxygen atoms in total. The summed E-state index contributed by atoms with van der Waals surface area (Å²) in [5.74, 6) is -0.0781. The third-order valence-electron chi connectivity index (χ3n) is 3.39. The number of hydrogen-bond donors (Lipinski definition) is 2. The van der Waals surface area contributed by atoms with Gasteiger partial charge in [0.25, 0.3) is 5.91 Å². The maximum absolute atomic E-state index is 11.7. The van der Waals surface area contributed by atoms with E-state index in [4.69, 9.17) is 0 Å². The normalized spacial score (nSPS) is 10.7. The summed E-state index contributed by atoms with van der Waals surface area (Å²) in [7, 11) is 1.63. The quantitative estimate of drug-likeness (QED) is 0.888. The van der Waals surface area contributed by atoms with Crippen molar-refractivity contribution in [2.75, 3.05) is 12.4 Å². The van der Waals surface area contributed by atoms with Gasteiger partial charge in [0.15, 0.2) is 0 Å². The molecule has 0 spiro atoms. The van der Waals surface area contributed by atoms with E-state index >= 15 is 0 Å². The molecule has 0 bridgehead atoms. The number of rotatable bonds is 5. The minimum absolute atomic E-state index is 0.0781. The lowest BCUT2D eigenvalue weighted by atomic mass is 10.1. The maximum atomic E-state index is 11.7. The molecular weight excluding hydrogens is 264 g/mol. The molecule has 0 atom stereocenters. The van der Waals surface area contributed by atoms with Crippen LogP contribution in [0.3, 0.4) is 0 Å². The van der Waals surface area contributed by atoms with Crippen LogP contribution in [-0.4, -0.2) is 22.7 Å². The summed E-state index contributed by atoms with van der Waals surface area (Å²) in [6.07, 6.45) is 3.90. The third kappa shape index (κ3) is 3.62. The molecule has 0 saturated heterocycles. The van der Waals surface area contributed by atoms with E-state index in [1.807, 2.05) is 42.2 Å². The van der Waals surface area contributed by atoms with E-state index in [0.717, 1.165) is 16.8 Å². The smallest absolute Gasteiger partial charge is 0.251 e. The van der Waals surface area contributed by atoms with Gasteiger partial charge in [-0.15, -0.1) is 0 Å². The van der Waals surface area contributed by atoms with E-state index in [0.29, 0.717) is 18.2 Å². The van der Waals surface area contributed by atoms with Gasteiger partial charge in [0, 0.05) is 42.6 Å². The molecule has 112 valence electrons. The Bertz CT molecular complexity index is 631. The number of nitrogens with zero attached hydrogens (tertiary/aromatic N) is 2. The minimum atomic E-state index is -0.0781. The van der Waals surface area contributed by atoms with E-state index in [1.165, 1.54) is 0 Å². The highest BCUT2D eigenvalue weighted by Crippen LogP contribution is 2.18. The van der Waals surface area contributed by atoms with Crippen molar-refractivity contribution in [2.45, 2.75) is 33.4 Å². The Balaban J connectivity index is 2.09. The number of carbonyl (C=O) groups excluding carboxylic acids is 1. The topological polar surface area (TPSA) is 59.0 Å². The first kappa shape index (κ1) is 15.1. The second-order valence-electron chi connectivity index (χ2n) is 5.38. The largest absolute Gasteiger partial charge is 0.381 e. The van der Waals surface area contributed by atoms with Gasteiger partial charge in [-0.3, -0.25) is 9.48 Å². The summed E-state index contributed by atoms with van der Waals surface area (Å²) in [4.78, 5) is 11.7. The van der Waals surface area contributed by atoms with Crippen LogP contribution in [-0.2, 0) is 6.54 Å². The number of anilines is 1. The lowest BCUT2D eigenvalue weighted by molar-refractivity contribution is 0.0963. The van der Waals surface area contributed by atoms with Gasteiger partial charge in [0.1, 0.15) is 0 Å². The predicted molar refractivity (Wildman–Crippen MR) is 84.5 cm³/mol. The third-order valence-corrected chi connectivity index (χ3v) is 3.39. The van der Waals surface area contributed by atoms with Gasteiger partial charge in [0.05, 0.1) is 6.20 Å². The molecule has 1 aromatic carbocycles. The monoisotopic (exact) mass is 286 g/mol. The fourth-order valence-electron chi connectivity index (χ4n) is 2.05. The zero-order chi connectivity index (χ0) is 15.4. The van der Waals surface area contributed by atoms with Crippen molar-refractivity contribution in [3.05, 3.63) is 47.3 Å². The molecule has 0 radical (unpaired) electrons. The Morgan fingerprint density at radius 1 is 1.38 bits per heavy atom. The second-order valence-corrected chi connectivity index (χ2v) is 5.38. The van der Waals surface area contributed by atoms with Crippen molar-refractivity contribution in [3.8, 4) is 0 Å². The average molecular weight is 286 g/mol. The standard InChI is InChI=1S/C16H22N4O/c1-11(2)20-10-13(9-19-20)8-18-15-7-14(16(21)17-4)6-5-12(15)3/h5-7,9-11,18H,8H2,1-4H3,(H,17,21). The molecule has 0 unspecified atom stereocenters. The van der Waals surface area contributed by atoms with Crippen molar-refractivity contribution < 1.29 is 4.79 Å². The van der Waals surface area contributed by atoms with Crippen LogP contribution in [0.5, 0.6) is 0 Å². The Morgan fingerprint density at radius 2 is 2.14 bits per heavy atom. The van der Waals surface area contributed by atoms with Crippen molar-refractivity contribution in [2.24, 2.45) is 0 Å². The number of hydrogen-bond acceptors (Lipinski definition) is 3. The first-order valence-corrected chi connectivity index (χ1v) is 7.11. The van der Waals surface area contributed by atoms with Crippen molar-refractivity contribution >= 4 is 11.6 Å². The molecule has 2 rings (SSSR count). The van der Waals surface area contributed by atoms with Gasteiger partial charge < -0.3 is 10.6 Å². The summed E-state index contributed by atoms with van der Waals surface area (Å²) in [6, 6.07) is 6.01. The number of aryl methyl sites for hydroxylation is 1. The molecule has 21 heavy (non-hydrogen) atoms. The van der Waals surface area contributed by atoms with Crippen LogP contribution >= 0.6 is 0 Å². The van der Waals surface area contributed by atoms with Gasteiger partial charge in [-0.1, -0.05) is 6.07 Å². The van der Waals surface area contributed by atoms with Gasteiger partial charge in [-0.05, 0) is 38.5 Å². The molecule has 2 aromatic rings. The summed E-state index contributed by atoms with van der Waals surface area (Å²) in [5, 5.41) is 10.3. The summed E-state index contributed by atoms with van der Waals surface area (Å²) >= 11 is 0. The van der Waals surface area contributed by atoms with Crippen LogP contribution in [0.15, 0.2) is 30.6 Å². The second kappa shape index (κ2) is 6.43. The van der Waals surface area contributed by atoms with Crippen LogP contribution in [0, 0.1) is 6.92 Å². The van der Waals surface area contributed by atoms with Crippen LogP contribution < -0.4 is 10.6 Å². The Kier molecular flexibility index (Phi) is 4.62. The SMILES string of the molecule is CNC(=O)c1ccc(C)c(NCc2cnn(C(C)C)c2)c1. The lowest BCUT2D eigenvalue weighted by Crippen LogP contribution is -2.18. The fraction of sp³-hybridized carbons (Fsp3) is 0.375. The van der Waals surface area contributed by atoms with E-state index in [2.05, 4.69) is 29.6 Å². The lowest BCUT2D eigenvalue weighted by Gasteiger charge is -2.10. The molecule has 1 amide bonds. The molecular formula is C16H22N4O. The van der Waals surface area contributed by atoms with Gasteiger partial charge in [-0.25, -0.2) is 0 Å². The minimum Gasteiger partial charge on any atom is -0.381 e. The van der Waals surface area contributed by atoms with E-state index < -0.39 is 0 Å². The highest BCUT2D eigenvalue weighted by atomic mass is 16.1. The summed E-state index contributed by atoms with van der Waals surface area (Å²) < 4.78 is 1.94. The van der Waals surface area contributed by atoms with Gasteiger partial charge >= 0.3 is 0 Å². The van der Waals surface area contributed by atoms with Gasteiger partial charge in [0.2, 0.25) is 0 Å². The number of nitrogens with one attached hydrogen (secondary N) is 2. The molecule has 0 aliphatic carbocycles. The van der Waals surface area contributed by atoms with Crippen LogP contribution in [0.25, 0.3) is 0 Å². The van der Waals surface area contributed by atoms with E-state index in [9.17, 15) is 4.79 Å². The molecule has 0 aliphatic rings. The molecule has 5 heteroatoms. The molecule has 1 heterocycles. The van der Waals surface area contributed by atoms with Crippen LogP contribution in [0.2, 0.25) is 0 Å². The molecule has 0 fully saturated rings. The average Bonchev–Trinajstić information content (AvgIpc) is 2.94. The summed E-state index contributed by atoms with van der Waals surface area (Å²) in [6.45, 7) is 6.90. The number of carbonyl (C=O) groups is 1.